The van der Waals surface area contributed by atoms with E-state index in [1.165, 1.54) is 4.88 Å². The highest BCUT2D eigenvalue weighted by atomic mass is 32.1. The maximum atomic E-state index is 12.1. The first-order valence-corrected chi connectivity index (χ1v) is 7.00. The van der Waals surface area contributed by atoms with Crippen LogP contribution in [0.5, 0.6) is 0 Å². The molecule has 0 saturated carbocycles. The number of carbonyl (C=O) groups is 1. The number of hydrogen-bond donors (Lipinski definition) is 2. The van der Waals surface area contributed by atoms with Gasteiger partial charge < -0.3 is 11.1 Å². The van der Waals surface area contributed by atoms with Crippen LogP contribution in [0.2, 0.25) is 0 Å². The normalized spacial score (nSPS) is 10.4. The Morgan fingerprint density at radius 2 is 2.21 bits per heavy atom. The number of pyridine rings is 1. The lowest BCUT2D eigenvalue weighted by atomic mass is 10.2. The Morgan fingerprint density at radius 1 is 1.42 bits per heavy atom. The quantitative estimate of drug-likeness (QED) is 0.901. The number of hydrogen-bond acceptors (Lipinski definition) is 4. The van der Waals surface area contributed by atoms with Crippen LogP contribution >= 0.6 is 11.3 Å². The number of rotatable bonds is 4. The van der Waals surface area contributed by atoms with Crippen molar-refractivity contribution >= 4 is 23.1 Å². The lowest BCUT2D eigenvalue weighted by molar-refractivity contribution is 0.0951. The van der Waals surface area contributed by atoms with E-state index in [2.05, 4.69) is 10.3 Å². The van der Waals surface area contributed by atoms with E-state index in [9.17, 15) is 4.79 Å². The number of nitrogens with one attached hydrogen (secondary N) is 1. The van der Waals surface area contributed by atoms with Crippen molar-refractivity contribution in [3.8, 4) is 0 Å². The summed E-state index contributed by atoms with van der Waals surface area (Å²) in [5.74, 6) is 0.270. The average Bonchev–Trinajstić information content (AvgIpc) is 2.81. The molecule has 0 atom stereocenters. The molecule has 2 heterocycles. The van der Waals surface area contributed by atoms with Gasteiger partial charge in [0.2, 0.25) is 0 Å². The molecule has 2 aromatic heterocycles. The summed E-state index contributed by atoms with van der Waals surface area (Å²) >= 11 is 1.68. The molecule has 3 N–H and O–H groups in total. The maximum Gasteiger partial charge on any atom is 0.251 e. The summed E-state index contributed by atoms with van der Waals surface area (Å²) in [6.07, 6.45) is 0.759. The fourth-order valence-corrected chi connectivity index (χ4v) is 2.60. The molecule has 19 heavy (non-hydrogen) atoms. The molecule has 0 bridgehead atoms. The Balaban J connectivity index is 2.05. The molecule has 0 aliphatic rings. The molecule has 4 nitrogen and oxygen atoms in total. The first-order chi connectivity index (χ1) is 9.08. The van der Waals surface area contributed by atoms with Crippen molar-refractivity contribution in [3.63, 3.8) is 0 Å². The Hall–Kier alpha value is -1.88. The highest BCUT2D eigenvalue weighted by Gasteiger charge is 2.08. The third kappa shape index (κ3) is 3.54. The summed E-state index contributed by atoms with van der Waals surface area (Å²) in [6.45, 7) is 4.58. The van der Waals surface area contributed by atoms with E-state index in [0.717, 1.165) is 17.0 Å². The second-order valence-electron chi connectivity index (χ2n) is 4.32. The molecule has 0 aliphatic carbocycles. The Kier molecular flexibility index (Phi) is 4.16. The zero-order chi connectivity index (χ0) is 13.8. The molecule has 0 unspecified atom stereocenters. The van der Waals surface area contributed by atoms with E-state index >= 15 is 0 Å². The third-order valence-corrected chi connectivity index (χ3v) is 3.74. The Labute approximate surface area is 116 Å². The summed E-state index contributed by atoms with van der Waals surface area (Å²) in [5, 5.41) is 2.90. The number of nitrogens with two attached hydrogens (primary N) is 1. The Morgan fingerprint density at radius 3 is 2.84 bits per heavy atom. The zero-order valence-corrected chi connectivity index (χ0v) is 11.9. The number of nitrogen functional groups attached to an aromatic ring is 1. The summed E-state index contributed by atoms with van der Waals surface area (Å²) in [5.41, 5.74) is 7.09. The van der Waals surface area contributed by atoms with E-state index in [4.69, 9.17) is 5.73 Å². The molecular formula is C14H17N3OS. The third-order valence-electron chi connectivity index (χ3n) is 2.74. The molecule has 2 aromatic rings. The van der Waals surface area contributed by atoms with Gasteiger partial charge in [0, 0.05) is 21.0 Å². The second-order valence-corrected chi connectivity index (χ2v) is 5.69. The predicted molar refractivity (Wildman–Crippen MR) is 78.3 cm³/mol. The van der Waals surface area contributed by atoms with Crippen molar-refractivity contribution in [2.24, 2.45) is 0 Å². The lowest BCUT2D eigenvalue weighted by Crippen LogP contribution is -2.22. The van der Waals surface area contributed by atoms with Crippen LogP contribution in [-0.4, -0.2) is 10.9 Å². The fourth-order valence-electron chi connectivity index (χ4n) is 1.77. The molecule has 1 amide bonds. The van der Waals surface area contributed by atoms with Crippen LogP contribution in [0.3, 0.4) is 0 Å². The number of nitrogens with zero attached hydrogens (tertiary/aromatic N) is 1. The minimum atomic E-state index is -0.116. The molecule has 0 radical (unpaired) electrons. The van der Waals surface area contributed by atoms with Crippen molar-refractivity contribution in [2.75, 3.05) is 5.73 Å². The van der Waals surface area contributed by atoms with Crippen LogP contribution in [0, 0.1) is 6.92 Å². The number of aromatic nitrogens is 1. The van der Waals surface area contributed by atoms with Gasteiger partial charge >= 0.3 is 0 Å². The van der Waals surface area contributed by atoms with Crippen LogP contribution in [0.15, 0.2) is 24.3 Å². The first-order valence-electron chi connectivity index (χ1n) is 6.18. The number of aryl methyl sites for hydroxylation is 2. The SMILES string of the molecule is CCc1cc(C(=O)NCc2ccc(C)s2)cc(N)n1. The van der Waals surface area contributed by atoms with E-state index in [1.807, 2.05) is 26.0 Å². The summed E-state index contributed by atoms with van der Waals surface area (Å²) in [6, 6.07) is 7.46. The smallest absolute Gasteiger partial charge is 0.251 e. The molecular weight excluding hydrogens is 258 g/mol. The second kappa shape index (κ2) is 5.84. The largest absolute Gasteiger partial charge is 0.384 e. The van der Waals surface area contributed by atoms with E-state index in [-0.39, 0.29) is 5.91 Å². The molecule has 0 spiro atoms. The monoisotopic (exact) mass is 275 g/mol. The zero-order valence-electron chi connectivity index (χ0n) is 11.1. The van der Waals surface area contributed by atoms with Gasteiger partial charge in [-0.05, 0) is 37.6 Å². The minimum absolute atomic E-state index is 0.116. The maximum absolute atomic E-state index is 12.1. The van der Waals surface area contributed by atoms with E-state index in [1.54, 1.807) is 23.5 Å². The molecule has 0 fully saturated rings. The van der Waals surface area contributed by atoms with E-state index in [0.29, 0.717) is 17.9 Å². The standard InChI is InChI=1S/C14H17N3OS/c1-3-11-6-10(7-13(15)17-11)14(18)16-8-12-5-4-9(2)19-12/h4-7H,3,8H2,1-2H3,(H2,15,17)(H,16,18). The molecule has 5 heteroatoms. The summed E-state index contributed by atoms with van der Waals surface area (Å²) in [4.78, 5) is 18.6. The van der Waals surface area contributed by atoms with Gasteiger partial charge in [-0.15, -0.1) is 11.3 Å². The fraction of sp³-hybridized carbons (Fsp3) is 0.286. The molecule has 2 rings (SSSR count). The van der Waals surface area contributed by atoms with Gasteiger partial charge in [0.15, 0.2) is 0 Å². The van der Waals surface area contributed by atoms with Gasteiger partial charge in [-0.1, -0.05) is 6.92 Å². The van der Waals surface area contributed by atoms with Crippen molar-refractivity contribution in [2.45, 2.75) is 26.8 Å². The van der Waals surface area contributed by atoms with Gasteiger partial charge in [-0.3, -0.25) is 4.79 Å². The van der Waals surface area contributed by atoms with Gasteiger partial charge in [-0.25, -0.2) is 4.98 Å². The summed E-state index contributed by atoms with van der Waals surface area (Å²) in [7, 11) is 0. The van der Waals surface area contributed by atoms with Crippen LogP contribution < -0.4 is 11.1 Å². The van der Waals surface area contributed by atoms with Crippen LogP contribution in [-0.2, 0) is 13.0 Å². The van der Waals surface area contributed by atoms with Crippen LogP contribution in [0.4, 0.5) is 5.82 Å². The molecule has 100 valence electrons. The van der Waals surface area contributed by atoms with Crippen LogP contribution in [0.1, 0.15) is 32.7 Å². The van der Waals surface area contributed by atoms with Gasteiger partial charge in [0.1, 0.15) is 5.82 Å². The molecule has 0 saturated heterocycles. The molecule has 0 aliphatic heterocycles. The number of carbonyl (C=O) groups excluding carboxylic acids is 1. The number of amides is 1. The first kappa shape index (κ1) is 13.5. The topological polar surface area (TPSA) is 68.0 Å². The van der Waals surface area contributed by atoms with Crippen molar-refractivity contribution in [3.05, 3.63) is 45.3 Å². The van der Waals surface area contributed by atoms with E-state index < -0.39 is 0 Å². The van der Waals surface area contributed by atoms with Gasteiger partial charge in [0.05, 0.1) is 6.54 Å². The predicted octanol–water partition coefficient (Wildman–Crippen LogP) is 2.53. The molecule has 0 aromatic carbocycles. The Bertz CT molecular complexity index is 592. The van der Waals surface area contributed by atoms with Crippen molar-refractivity contribution in [1.29, 1.82) is 0 Å². The van der Waals surface area contributed by atoms with Gasteiger partial charge in [-0.2, -0.15) is 0 Å². The number of anilines is 1. The summed E-state index contributed by atoms with van der Waals surface area (Å²) < 4.78 is 0. The number of thiophene rings is 1. The highest BCUT2D eigenvalue weighted by molar-refractivity contribution is 7.11. The minimum Gasteiger partial charge on any atom is -0.384 e. The average molecular weight is 275 g/mol. The lowest BCUT2D eigenvalue weighted by Gasteiger charge is -2.06. The van der Waals surface area contributed by atoms with Crippen molar-refractivity contribution in [1.82, 2.24) is 10.3 Å². The van der Waals surface area contributed by atoms with Crippen molar-refractivity contribution < 1.29 is 4.79 Å². The van der Waals surface area contributed by atoms with Gasteiger partial charge in [0.25, 0.3) is 5.91 Å². The van der Waals surface area contributed by atoms with Crippen LogP contribution in [0.25, 0.3) is 0 Å². The highest BCUT2D eigenvalue weighted by Crippen LogP contribution is 2.15.